The number of ether oxygens (including phenoxy) is 1. The van der Waals surface area contributed by atoms with E-state index >= 15 is 0 Å². The van der Waals surface area contributed by atoms with Crippen LogP contribution >= 0.6 is 15.9 Å². The average molecular weight is 561 g/mol. The van der Waals surface area contributed by atoms with Crippen molar-refractivity contribution < 1.29 is 18.7 Å². The molecule has 4 rings (SSSR count). The van der Waals surface area contributed by atoms with Crippen LogP contribution < -0.4 is 10.6 Å². The molecule has 0 spiro atoms. The zero-order valence-corrected chi connectivity index (χ0v) is 22.2. The smallest absolute Gasteiger partial charge is 0.220 e. The van der Waals surface area contributed by atoms with Crippen LogP contribution in [0.5, 0.6) is 0 Å². The lowest BCUT2D eigenvalue weighted by Gasteiger charge is -2.50. The molecule has 36 heavy (non-hydrogen) atoms. The maximum atomic E-state index is 13.9. The van der Waals surface area contributed by atoms with Crippen molar-refractivity contribution in [2.24, 2.45) is 0 Å². The summed E-state index contributed by atoms with van der Waals surface area (Å²) >= 11 is 3.22. The molecule has 1 aliphatic carbocycles. The maximum Gasteiger partial charge on any atom is 0.220 e. The Hall–Kier alpha value is -2.29. The van der Waals surface area contributed by atoms with Gasteiger partial charge in [-0.05, 0) is 49.8 Å². The molecule has 8 heteroatoms. The Labute approximate surface area is 221 Å². The molecule has 2 N–H and O–H groups in total. The van der Waals surface area contributed by atoms with Crippen LogP contribution in [0.3, 0.4) is 0 Å². The molecule has 0 aromatic heterocycles. The third-order valence-electron chi connectivity index (χ3n) is 7.41. The lowest BCUT2D eigenvalue weighted by molar-refractivity contribution is -0.127. The molecule has 1 heterocycles. The molecule has 0 bridgehead atoms. The summed E-state index contributed by atoms with van der Waals surface area (Å²) in [5.41, 5.74) is 1.85. The van der Waals surface area contributed by atoms with Crippen molar-refractivity contribution in [2.45, 2.75) is 63.1 Å². The number of carbonyl (C=O) groups is 2. The second-order valence-corrected chi connectivity index (χ2v) is 10.8. The molecule has 1 saturated carbocycles. The first-order valence-electron chi connectivity index (χ1n) is 12.8. The van der Waals surface area contributed by atoms with Gasteiger partial charge in [0.15, 0.2) is 0 Å². The summed E-state index contributed by atoms with van der Waals surface area (Å²) in [7, 11) is 0. The van der Waals surface area contributed by atoms with Gasteiger partial charge in [0.05, 0.1) is 13.2 Å². The average Bonchev–Trinajstić information content (AvgIpc) is 2.89. The predicted molar refractivity (Wildman–Crippen MR) is 141 cm³/mol. The molecule has 0 radical (unpaired) electrons. The van der Waals surface area contributed by atoms with Gasteiger partial charge in [-0.2, -0.15) is 0 Å². The maximum absolute atomic E-state index is 13.9. The number of hydrogen-bond donors (Lipinski definition) is 2. The Balaban J connectivity index is 1.23. The van der Waals surface area contributed by atoms with Crippen LogP contribution in [-0.2, 0) is 27.3 Å². The van der Waals surface area contributed by atoms with Crippen LogP contribution in [0, 0.1) is 5.82 Å². The van der Waals surface area contributed by atoms with Gasteiger partial charge in [0.25, 0.3) is 0 Å². The zero-order chi connectivity index (χ0) is 25.4. The predicted octanol–water partition coefficient (Wildman–Crippen LogP) is 4.36. The summed E-state index contributed by atoms with van der Waals surface area (Å²) in [4.78, 5) is 27.3. The van der Waals surface area contributed by atoms with E-state index in [9.17, 15) is 14.0 Å². The van der Waals surface area contributed by atoms with Gasteiger partial charge in [0.1, 0.15) is 5.82 Å². The van der Waals surface area contributed by atoms with E-state index in [1.807, 2.05) is 0 Å². The highest BCUT2D eigenvalue weighted by Gasteiger charge is 2.41. The number of halogens is 2. The van der Waals surface area contributed by atoms with E-state index in [4.69, 9.17) is 4.74 Å². The van der Waals surface area contributed by atoms with E-state index in [2.05, 4.69) is 61.8 Å². The van der Waals surface area contributed by atoms with Crippen molar-refractivity contribution >= 4 is 27.7 Å². The zero-order valence-electron chi connectivity index (χ0n) is 20.6. The van der Waals surface area contributed by atoms with Gasteiger partial charge in [-0.15, -0.1) is 0 Å². The Kier molecular flexibility index (Phi) is 9.51. The van der Waals surface area contributed by atoms with Crippen molar-refractivity contribution in [2.75, 3.05) is 26.3 Å². The molecule has 2 aliphatic rings. The monoisotopic (exact) mass is 559 g/mol. The van der Waals surface area contributed by atoms with Crippen molar-refractivity contribution in [3.63, 3.8) is 0 Å². The first-order valence-corrected chi connectivity index (χ1v) is 13.6. The van der Waals surface area contributed by atoms with Crippen LogP contribution in [-0.4, -0.2) is 54.6 Å². The second-order valence-electron chi connectivity index (χ2n) is 9.84. The number of benzene rings is 2. The van der Waals surface area contributed by atoms with E-state index in [0.29, 0.717) is 10.0 Å². The highest BCUT2D eigenvalue weighted by molar-refractivity contribution is 9.10. The Morgan fingerprint density at radius 2 is 1.72 bits per heavy atom. The van der Waals surface area contributed by atoms with Gasteiger partial charge in [-0.1, -0.05) is 52.3 Å². The SMILES string of the molecule is O=C(CCC(=O)NC1CCC(Cc2ccccc2)(N2CCOCC2)CC1)NCc1ccc(Br)cc1F. The molecule has 1 aliphatic heterocycles. The number of nitrogens with one attached hydrogen (secondary N) is 2. The molecule has 2 amide bonds. The highest BCUT2D eigenvalue weighted by Crippen LogP contribution is 2.37. The third-order valence-corrected chi connectivity index (χ3v) is 7.90. The first-order chi connectivity index (χ1) is 17.4. The van der Waals surface area contributed by atoms with Crippen LogP contribution in [0.4, 0.5) is 4.39 Å². The summed E-state index contributed by atoms with van der Waals surface area (Å²) in [6.45, 7) is 3.54. The molecular weight excluding hydrogens is 525 g/mol. The van der Waals surface area contributed by atoms with Crippen LogP contribution in [0.1, 0.15) is 49.7 Å². The van der Waals surface area contributed by atoms with Crippen molar-refractivity contribution in [3.05, 3.63) is 69.9 Å². The highest BCUT2D eigenvalue weighted by atomic mass is 79.9. The topological polar surface area (TPSA) is 70.7 Å². The van der Waals surface area contributed by atoms with E-state index in [1.54, 1.807) is 12.1 Å². The van der Waals surface area contributed by atoms with Gasteiger partial charge in [0.2, 0.25) is 11.8 Å². The molecule has 1 saturated heterocycles. The van der Waals surface area contributed by atoms with Crippen LogP contribution in [0.2, 0.25) is 0 Å². The standard InChI is InChI=1S/C28H35BrFN3O3/c29-23-7-6-22(25(30)18-23)20-31-26(34)8-9-27(35)32-24-10-12-28(13-11-24,33-14-16-36-17-15-33)19-21-4-2-1-3-5-21/h1-7,18,24H,8-17,19-20H2,(H,31,34)(H,32,35). The minimum absolute atomic E-state index is 0.0857. The number of rotatable bonds is 9. The molecule has 0 unspecified atom stereocenters. The Morgan fingerprint density at radius 1 is 1.03 bits per heavy atom. The van der Waals surface area contributed by atoms with Gasteiger partial charge < -0.3 is 15.4 Å². The van der Waals surface area contributed by atoms with Crippen LogP contribution in [0.15, 0.2) is 53.0 Å². The number of nitrogens with zero attached hydrogens (tertiary/aromatic N) is 1. The quantitative estimate of drug-likeness (QED) is 0.479. The summed E-state index contributed by atoms with van der Waals surface area (Å²) in [6.07, 6.45) is 5.11. The summed E-state index contributed by atoms with van der Waals surface area (Å²) in [5.74, 6) is -0.739. The fourth-order valence-electron chi connectivity index (χ4n) is 5.39. The Morgan fingerprint density at radius 3 is 2.42 bits per heavy atom. The van der Waals surface area contributed by atoms with E-state index < -0.39 is 0 Å². The summed E-state index contributed by atoms with van der Waals surface area (Å²) < 4.78 is 20.2. The number of amides is 2. The van der Waals surface area contributed by atoms with Gasteiger partial charge in [-0.3, -0.25) is 14.5 Å². The van der Waals surface area contributed by atoms with Crippen LogP contribution in [0.25, 0.3) is 0 Å². The Bertz CT molecular complexity index is 1020. The minimum Gasteiger partial charge on any atom is -0.379 e. The van der Waals surface area contributed by atoms with Gasteiger partial charge in [0, 0.05) is 54.1 Å². The molecule has 6 nitrogen and oxygen atoms in total. The van der Waals surface area contributed by atoms with Gasteiger partial charge in [-0.25, -0.2) is 4.39 Å². The molecule has 194 valence electrons. The lowest BCUT2D eigenvalue weighted by Crippen LogP contribution is -2.58. The normalized spacial score (nSPS) is 22.7. The van der Waals surface area contributed by atoms with Crippen molar-refractivity contribution in [1.29, 1.82) is 0 Å². The number of carbonyl (C=O) groups excluding carboxylic acids is 2. The second kappa shape index (κ2) is 12.8. The third kappa shape index (κ3) is 7.37. The lowest BCUT2D eigenvalue weighted by atomic mass is 9.74. The van der Waals surface area contributed by atoms with Crippen molar-refractivity contribution in [1.82, 2.24) is 15.5 Å². The summed E-state index contributed by atoms with van der Waals surface area (Å²) in [5, 5.41) is 5.84. The molecular formula is C28H35BrFN3O3. The molecule has 0 atom stereocenters. The molecule has 2 aromatic rings. The largest absolute Gasteiger partial charge is 0.379 e. The fourth-order valence-corrected chi connectivity index (χ4v) is 5.73. The van der Waals surface area contributed by atoms with E-state index in [0.717, 1.165) is 58.4 Å². The first kappa shape index (κ1) is 26.8. The fraction of sp³-hybridized carbons (Fsp3) is 0.500. The molecule has 2 fully saturated rings. The number of morpholine rings is 1. The molecule has 2 aromatic carbocycles. The van der Waals surface area contributed by atoms with Crippen molar-refractivity contribution in [3.8, 4) is 0 Å². The van der Waals surface area contributed by atoms with E-state index in [1.165, 1.54) is 11.6 Å². The van der Waals surface area contributed by atoms with E-state index in [-0.39, 0.29) is 48.6 Å². The minimum atomic E-state index is -0.375. The summed E-state index contributed by atoms with van der Waals surface area (Å²) in [6, 6.07) is 15.5. The number of hydrogen-bond acceptors (Lipinski definition) is 4. The van der Waals surface area contributed by atoms with Gasteiger partial charge >= 0.3 is 0 Å².